The van der Waals surface area contributed by atoms with Crippen molar-refractivity contribution in [2.75, 3.05) is 0 Å². The summed E-state index contributed by atoms with van der Waals surface area (Å²) >= 11 is 11.7. The maximum Gasteiger partial charge on any atom is 0.224 e. The van der Waals surface area contributed by atoms with Crippen molar-refractivity contribution in [1.29, 1.82) is 0 Å². The largest absolute Gasteiger partial charge is 0.352 e. The zero-order chi connectivity index (χ0) is 21.3. The quantitative estimate of drug-likeness (QED) is 0.471. The molecule has 0 aliphatic carbocycles. The van der Waals surface area contributed by atoms with Crippen LogP contribution in [0.2, 0.25) is 10.0 Å². The highest BCUT2D eigenvalue weighted by Crippen LogP contribution is 2.13. The van der Waals surface area contributed by atoms with Gasteiger partial charge in [0.1, 0.15) is 5.78 Å². The number of hydrogen-bond acceptors (Lipinski definition) is 2. The van der Waals surface area contributed by atoms with Crippen molar-refractivity contribution >= 4 is 34.9 Å². The first-order valence-electron chi connectivity index (χ1n) is 9.83. The molecule has 3 nitrogen and oxygen atoms in total. The highest BCUT2D eigenvalue weighted by atomic mass is 35.5. The normalized spacial score (nSPS) is 10.6. The molecule has 3 rings (SSSR count). The molecule has 3 aromatic carbocycles. The molecular formula is C25H23Cl2NO2. The van der Waals surface area contributed by atoms with Crippen LogP contribution in [-0.4, -0.2) is 11.7 Å². The van der Waals surface area contributed by atoms with E-state index < -0.39 is 0 Å². The summed E-state index contributed by atoms with van der Waals surface area (Å²) in [5.41, 5.74) is 4.04. The van der Waals surface area contributed by atoms with Gasteiger partial charge in [-0.15, -0.1) is 0 Å². The SMILES string of the molecule is O=C(CCc1ccc(CNC(=O)Cc2ccc(Cl)cc2)cc1)Cc1ccc(Cl)cc1. The first-order chi connectivity index (χ1) is 14.5. The standard InChI is InChI=1S/C25H23Cl2NO2/c26-22-10-5-19(6-11-22)15-24(29)14-9-18-1-3-21(4-2-18)17-28-25(30)16-20-7-12-23(27)13-8-20/h1-8,10-13H,9,14-17H2,(H,28,30). The van der Waals surface area contributed by atoms with Gasteiger partial charge in [-0.2, -0.15) is 0 Å². The van der Waals surface area contributed by atoms with Crippen LogP contribution < -0.4 is 5.32 Å². The summed E-state index contributed by atoms with van der Waals surface area (Å²) < 4.78 is 0. The molecule has 0 radical (unpaired) electrons. The zero-order valence-electron chi connectivity index (χ0n) is 16.5. The maximum atomic E-state index is 12.2. The van der Waals surface area contributed by atoms with Gasteiger partial charge in [-0.1, -0.05) is 71.7 Å². The van der Waals surface area contributed by atoms with E-state index in [1.165, 1.54) is 0 Å². The van der Waals surface area contributed by atoms with Crippen LogP contribution >= 0.6 is 23.2 Å². The van der Waals surface area contributed by atoms with Crippen molar-refractivity contribution in [2.45, 2.75) is 32.2 Å². The fraction of sp³-hybridized carbons (Fsp3) is 0.200. The maximum absolute atomic E-state index is 12.2. The number of Topliss-reactive ketones (excluding diaryl/α,β-unsaturated/α-hetero) is 1. The first-order valence-corrected chi connectivity index (χ1v) is 10.6. The molecule has 1 amide bonds. The summed E-state index contributed by atoms with van der Waals surface area (Å²) in [5, 5.41) is 4.26. The molecule has 0 aliphatic rings. The predicted octanol–water partition coefficient (Wildman–Crippen LogP) is 5.60. The molecule has 0 saturated heterocycles. The van der Waals surface area contributed by atoms with Crippen LogP contribution in [0.1, 0.15) is 28.7 Å². The zero-order valence-corrected chi connectivity index (χ0v) is 18.0. The Kier molecular flexibility index (Phi) is 8.06. The van der Waals surface area contributed by atoms with E-state index in [2.05, 4.69) is 5.32 Å². The molecule has 0 unspecified atom stereocenters. The van der Waals surface area contributed by atoms with Crippen LogP contribution in [-0.2, 0) is 35.4 Å². The van der Waals surface area contributed by atoms with Gasteiger partial charge in [-0.3, -0.25) is 9.59 Å². The number of carbonyl (C=O) groups is 2. The smallest absolute Gasteiger partial charge is 0.224 e. The van der Waals surface area contributed by atoms with E-state index in [0.717, 1.165) is 22.3 Å². The average molecular weight is 440 g/mol. The minimum atomic E-state index is -0.0332. The Morgan fingerprint density at radius 2 is 1.10 bits per heavy atom. The van der Waals surface area contributed by atoms with Gasteiger partial charge in [-0.25, -0.2) is 0 Å². The summed E-state index contributed by atoms with van der Waals surface area (Å²) in [6.07, 6.45) is 1.95. The van der Waals surface area contributed by atoms with Crippen molar-refractivity contribution in [1.82, 2.24) is 5.32 Å². The van der Waals surface area contributed by atoms with Gasteiger partial charge in [0.15, 0.2) is 0 Å². The van der Waals surface area contributed by atoms with Crippen LogP contribution in [0.25, 0.3) is 0 Å². The molecule has 0 aromatic heterocycles. The molecule has 0 bridgehead atoms. The van der Waals surface area contributed by atoms with Crippen LogP contribution in [0.3, 0.4) is 0 Å². The number of carbonyl (C=O) groups excluding carboxylic acids is 2. The van der Waals surface area contributed by atoms with E-state index in [9.17, 15) is 9.59 Å². The monoisotopic (exact) mass is 439 g/mol. The average Bonchev–Trinajstić information content (AvgIpc) is 2.75. The Hall–Kier alpha value is -2.62. The van der Waals surface area contributed by atoms with Gasteiger partial charge >= 0.3 is 0 Å². The van der Waals surface area contributed by atoms with Crippen molar-refractivity contribution in [2.24, 2.45) is 0 Å². The molecule has 0 atom stereocenters. The molecular weight excluding hydrogens is 417 g/mol. The Morgan fingerprint density at radius 1 is 0.633 bits per heavy atom. The Balaban J connectivity index is 1.40. The summed E-state index contributed by atoms with van der Waals surface area (Å²) in [6, 6.07) is 22.6. The highest BCUT2D eigenvalue weighted by molar-refractivity contribution is 6.30. The number of ketones is 1. The third-order valence-electron chi connectivity index (χ3n) is 4.80. The minimum absolute atomic E-state index is 0.0332. The molecule has 3 aromatic rings. The summed E-state index contributed by atoms with van der Waals surface area (Å²) in [7, 11) is 0. The van der Waals surface area contributed by atoms with Gasteiger partial charge < -0.3 is 5.32 Å². The minimum Gasteiger partial charge on any atom is -0.352 e. The van der Waals surface area contributed by atoms with Gasteiger partial charge in [0.2, 0.25) is 5.91 Å². The first kappa shape index (κ1) is 22.1. The molecule has 0 fully saturated rings. The van der Waals surface area contributed by atoms with Crippen molar-refractivity contribution < 1.29 is 9.59 Å². The topological polar surface area (TPSA) is 46.2 Å². The second-order valence-electron chi connectivity index (χ2n) is 7.24. The van der Waals surface area contributed by atoms with Gasteiger partial charge in [0.25, 0.3) is 0 Å². The Bertz CT molecular complexity index is 899. The summed E-state index contributed by atoms with van der Waals surface area (Å²) in [6.45, 7) is 0.474. The fourth-order valence-corrected chi connectivity index (χ4v) is 3.33. The number of rotatable bonds is 9. The van der Waals surface area contributed by atoms with E-state index >= 15 is 0 Å². The van der Waals surface area contributed by atoms with Gasteiger partial charge in [-0.05, 0) is 52.9 Å². The van der Waals surface area contributed by atoms with Crippen molar-refractivity contribution in [3.63, 3.8) is 0 Å². The molecule has 1 N–H and O–H groups in total. The second-order valence-corrected chi connectivity index (χ2v) is 8.11. The van der Waals surface area contributed by atoms with Crippen LogP contribution in [0, 0.1) is 0 Å². The fourth-order valence-electron chi connectivity index (χ4n) is 3.08. The molecule has 154 valence electrons. The number of halogens is 2. The lowest BCUT2D eigenvalue weighted by atomic mass is 10.0. The predicted molar refractivity (Wildman–Crippen MR) is 122 cm³/mol. The van der Waals surface area contributed by atoms with E-state index in [4.69, 9.17) is 23.2 Å². The van der Waals surface area contributed by atoms with Gasteiger partial charge in [0.05, 0.1) is 6.42 Å². The van der Waals surface area contributed by atoms with E-state index in [1.807, 2.05) is 48.5 Å². The Labute approximate surface area is 187 Å². The van der Waals surface area contributed by atoms with Gasteiger partial charge in [0, 0.05) is 29.4 Å². The van der Waals surface area contributed by atoms with E-state index in [1.54, 1.807) is 24.3 Å². The Morgan fingerprint density at radius 3 is 1.67 bits per heavy atom. The lowest BCUT2D eigenvalue weighted by Gasteiger charge is -2.07. The third-order valence-corrected chi connectivity index (χ3v) is 5.30. The molecule has 0 spiro atoms. The summed E-state index contributed by atoms with van der Waals surface area (Å²) in [5.74, 6) is 0.171. The number of hydrogen-bond donors (Lipinski definition) is 1. The molecule has 0 aliphatic heterocycles. The number of nitrogens with one attached hydrogen (secondary N) is 1. The molecule has 0 saturated carbocycles. The molecule has 30 heavy (non-hydrogen) atoms. The van der Waals surface area contributed by atoms with Crippen LogP contribution in [0.5, 0.6) is 0 Å². The van der Waals surface area contributed by atoms with Crippen molar-refractivity contribution in [3.05, 3.63) is 105 Å². The number of aryl methyl sites for hydroxylation is 1. The van der Waals surface area contributed by atoms with Crippen LogP contribution in [0.15, 0.2) is 72.8 Å². The second kappa shape index (κ2) is 11.0. The summed E-state index contributed by atoms with van der Waals surface area (Å²) in [4.78, 5) is 24.3. The number of amides is 1. The molecule has 5 heteroatoms. The lowest BCUT2D eigenvalue weighted by molar-refractivity contribution is -0.120. The molecule has 0 heterocycles. The van der Waals surface area contributed by atoms with Crippen LogP contribution in [0.4, 0.5) is 0 Å². The van der Waals surface area contributed by atoms with Crippen molar-refractivity contribution in [3.8, 4) is 0 Å². The number of benzene rings is 3. The highest BCUT2D eigenvalue weighted by Gasteiger charge is 2.06. The van der Waals surface area contributed by atoms with E-state index in [0.29, 0.717) is 42.3 Å². The van der Waals surface area contributed by atoms with E-state index in [-0.39, 0.29) is 11.7 Å². The lowest BCUT2D eigenvalue weighted by Crippen LogP contribution is -2.24. The third kappa shape index (κ3) is 7.33.